The van der Waals surface area contributed by atoms with Crippen LogP contribution in [-0.4, -0.2) is 41.6 Å². The third-order valence-electron chi connectivity index (χ3n) is 6.47. The van der Waals surface area contributed by atoms with E-state index in [-0.39, 0.29) is 17.1 Å². The van der Waals surface area contributed by atoms with Crippen LogP contribution in [0.5, 0.6) is 0 Å². The number of hydrogen-bond donors (Lipinski definition) is 2. The van der Waals surface area contributed by atoms with E-state index in [1.807, 2.05) is 6.92 Å². The van der Waals surface area contributed by atoms with Crippen LogP contribution in [0.15, 0.2) is 35.3 Å². The highest BCUT2D eigenvalue weighted by molar-refractivity contribution is 6.10. The highest BCUT2D eigenvalue weighted by atomic mass is 19.1. The Kier molecular flexibility index (Phi) is 5.76. The van der Waals surface area contributed by atoms with Crippen molar-refractivity contribution in [2.24, 2.45) is 22.1 Å². The van der Waals surface area contributed by atoms with Crippen molar-refractivity contribution in [3.05, 3.63) is 47.3 Å². The molecular formula is C23H33FN4. The van der Waals surface area contributed by atoms with E-state index in [9.17, 15) is 4.39 Å². The molecule has 2 fully saturated rings. The van der Waals surface area contributed by atoms with Crippen molar-refractivity contribution >= 4 is 11.5 Å². The summed E-state index contributed by atoms with van der Waals surface area (Å²) in [4.78, 5) is 7.11. The van der Waals surface area contributed by atoms with Crippen LogP contribution < -0.4 is 5.73 Å². The molecule has 5 heteroatoms. The first-order valence-corrected chi connectivity index (χ1v) is 10.2. The highest BCUT2D eigenvalue weighted by Gasteiger charge is 2.54. The van der Waals surface area contributed by atoms with Crippen LogP contribution in [-0.2, 0) is 0 Å². The summed E-state index contributed by atoms with van der Waals surface area (Å²) in [7, 11) is 0. The van der Waals surface area contributed by atoms with Gasteiger partial charge < -0.3 is 11.1 Å². The van der Waals surface area contributed by atoms with Crippen molar-refractivity contribution in [3.63, 3.8) is 0 Å². The van der Waals surface area contributed by atoms with Gasteiger partial charge in [-0.2, -0.15) is 0 Å². The number of aryl methyl sites for hydroxylation is 1. The summed E-state index contributed by atoms with van der Waals surface area (Å²) in [5.74, 6) is 0.733. The zero-order valence-electron chi connectivity index (χ0n) is 17.6. The lowest BCUT2D eigenvalue weighted by molar-refractivity contribution is 0.0762. The predicted molar refractivity (Wildman–Crippen MR) is 115 cm³/mol. The molecule has 152 valence electrons. The molecule has 0 aromatic heterocycles. The van der Waals surface area contributed by atoms with E-state index >= 15 is 0 Å². The lowest BCUT2D eigenvalue weighted by atomic mass is 9.88. The zero-order valence-corrected chi connectivity index (χ0v) is 17.6. The predicted octanol–water partition coefficient (Wildman–Crippen LogP) is 4.32. The Morgan fingerprint density at radius 3 is 2.64 bits per heavy atom. The zero-order chi connectivity index (χ0) is 20.5. The van der Waals surface area contributed by atoms with Crippen LogP contribution in [0.25, 0.3) is 0 Å². The van der Waals surface area contributed by atoms with Crippen LogP contribution in [0.1, 0.15) is 51.2 Å². The minimum absolute atomic E-state index is 0.243. The van der Waals surface area contributed by atoms with E-state index in [2.05, 4.69) is 30.7 Å². The van der Waals surface area contributed by atoms with Gasteiger partial charge in [-0.05, 0) is 101 Å². The first-order valence-electron chi connectivity index (χ1n) is 10.2. The van der Waals surface area contributed by atoms with Gasteiger partial charge in [-0.15, -0.1) is 0 Å². The summed E-state index contributed by atoms with van der Waals surface area (Å²) in [5.41, 5.74) is 8.44. The molecule has 1 aliphatic carbocycles. The van der Waals surface area contributed by atoms with Crippen molar-refractivity contribution in [2.45, 2.75) is 52.5 Å². The fraction of sp³-hybridized carbons (Fsp3) is 0.565. The second kappa shape index (κ2) is 7.78. The van der Waals surface area contributed by atoms with Crippen molar-refractivity contribution in [2.75, 3.05) is 19.6 Å². The number of nitrogens with two attached hydrogens (primary N) is 1. The quantitative estimate of drug-likeness (QED) is 0.587. The molecule has 28 heavy (non-hydrogen) atoms. The van der Waals surface area contributed by atoms with Gasteiger partial charge in [0.1, 0.15) is 11.7 Å². The molecule has 0 radical (unpaired) electrons. The first-order chi connectivity index (χ1) is 13.1. The summed E-state index contributed by atoms with van der Waals surface area (Å²) in [6, 6.07) is 4.47. The molecule has 1 saturated carbocycles. The maximum absolute atomic E-state index is 13.4. The number of likely N-dealkylation sites (tertiary alicyclic amines) is 1. The molecule has 1 spiro atoms. The fourth-order valence-electron chi connectivity index (χ4n) is 4.34. The highest BCUT2D eigenvalue weighted by Crippen LogP contribution is 2.59. The molecule has 1 saturated heterocycles. The lowest BCUT2D eigenvalue weighted by Gasteiger charge is -2.41. The molecule has 3 rings (SSSR count). The van der Waals surface area contributed by atoms with Crippen LogP contribution >= 0.6 is 0 Å². The normalized spacial score (nSPS) is 22.8. The number of nitrogens with zero attached hydrogens (tertiary/aromatic N) is 2. The molecule has 1 atom stereocenters. The summed E-state index contributed by atoms with van der Waals surface area (Å²) in [6.07, 6.45) is 7.02. The largest absolute Gasteiger partial charge is 0.384 e. The van der Waals surface area contributed by atoms with Gasteiger partial charge in [0.05, 0.1) is 5.71 Å². The third-order valence-corrected chi connectivity index (χ3v) is 6.47. The maximum Gasteiger partial charge on any atom is 0.123 e. The summed E-state index contributed by atoms with van der Waals surface area (Å²) < 4.78 is 13.4. The minimum atomic E-state index is -0.336. The van der Waals surface area contributed by atoms with Crippen molar-refractivity contribution in [1.29, 1.82) is 5.41 Å². The number of allylic oxidation sites excluding steroid dienone is 1. The topological polar surface area (TPSA) is 65.5 Å². The number of nitrogens with one attached hydrogen (secondary N) is 1. The first kappa shape index (κ1) is 20.7. The Morgan fingerprint density at radius 1 is 1.32 bits per heavy atom. The number of halogens is 1. The average Bonchev–Trinajstić information content (AvgIpc) is 3.31. The fourth-order valence-corrected chi connectivity index (χ4v) is 4.34. The van der Waals surface area contributed by atoms with E-state index in [0.29, 0.717) is 22.7 Å². The van der Waals surface area contributed by atoms with Gasteiger partial charge in [0, 0.05) is 17.6 Å². The van der Waals surface area contributed by atoms with Gasteiger partial charge >= 0.3 is 0 Å². The molecule has 0 amide bonds. The number of benzene rings is 1. The van der Waals surface area contributed by atoms with Crippen molar-refractivity contribution in [1.82, 2.24) is 4.90 Å². The number of hydrogen-bond acceptors (Lipinski definition) is 3. The molecule has 1 unspecified atom stereocenters. The number of rotatable bonds is 5. The van der Waals surface area contributed by atoms with E-state index < -0.39 is 0 Å². The smallest absolute Gasteiger partial charge is 0.123 e. The second-order valence-corrected chi connectivity index (χ2v) is 9.39. The van der Waals surface area contributed by atoms with Crippen LogP contribution in [0.3, 0.4) is 0 Å². The maximum atomic E-state index is 13.4. The molecule has 2 aliphatic rings. The van der Waals surface area contributed by atoms with Crippen LogP contribution in [0.4, 0.5) is 4.39 Å². The van der Waals surface area contributed by atoms with Gasteiger partial charge in [0.25, 0.3) is 0 Å². The van der Waals surface area contributed by atoms with E-state index in [4.69, 9.17) is 11.1 Å². The number of piperidine rings is 1. The van der Waals surface area contributed by atoms with E-state index in [1.165, 1.54) is 44.5 Å². The van der Waals surface area contributed by atoms with Crippen LogP contribution in [0, 0.1) is 29.5 Å². The monoisotopic (exact) mass is 384 g/mol. The molecule has 1 heterocycles. The Balaban J connectivity index is 1.51. The van der Waals surface area contributed by atoms with E-state index in [1.54, 1.807) is 18.2 Å². The Morgan fingerprint density at radius 2 is 2.00 bits per heavy atom. The molecule has 1 aliphatic heterocycles. The molecule has 3 N–H and O–H groups in total. The molecule has 4 nitrogen and oxygen atoms in total. The Hall–Kier alpha value is -2.01. The molecule has 1 aromatic carbocycles. The third kappa shape index (κ3) is 4.69. The van der Waals surface area contributed by atoms with Gasteiger partial charge in [-0.1, -0.05) is 6.07 Å². The van der Waals surface area contributed by atoms with Crippen molar-refractivity contribution < 1.29 is 4.39 Å². The van der Waals surface area contributed by atoms with Gasteiger partial charge in [-0.3, -0.25) is 9.89 Å². The van der Waals surface area contributed by atoms with E-state index in [0.717, 1.165) is 12.1 Å². The summed E-state index contributed by atoms with van der Waals surface area (Å²) >= 11 is 0. The second-order valence-electron chi connectivity index (χ2n) is 9.39. The number of amidine groups is 1. The van der Waals surface area contributed by atoms with Gasteiger partial charge in [-0.25, -0.2) is 4.39 Å². The minimum Gasteiger partial charge on any atom is -0.384 e. The molecular weight excluding hydrogens is 351 g/mol. The average molecular weight is 385 g/mol. The SMILES string of the molecule is Cc1ccc(F)cc1C(=N)/C=C\C(N)=NCC1CC12CCN(C(C)(C)C)CC2. The van der Waals surface area contributed by atoms with Gasteiger partial charge in [0.2, 0.25) is 0 Å². The standard InChI is InChI=1S/C23H33FN4/c1-16-5-6-18(24)13-19(16)20(25)7-8-21(26)27-15-17-14-23(17)9-11-28(12-10-23)22(2,3)4/h5-8,13,17,25H,9-12,14-15H2,1-4H3,(H2,26,27)/b8-7-,25-20?. The Labute approximate surface area is 168 Å². The summed E-state index contributed by atoms with van der Waals surface area (Å²) in [5, 5.41) is 8.15. The molecule has 1 aromatic rings. The number of aliphatic imine (C=N–C) groups is 1. The van der Waals surface area contributed by atoms with Gasteiger partial charge in [0.15, 0.2) is 0 Å². The lowest BCUT2D eigenvalue weighted by Crippen LogP contribution is -2.46. The Bertz CT molecular complexity index is 795. The van der Waals surface area contributed by atoms with Crippen LogP contribution in [0.2, 0.25) is 0 Å². The van der Waals surface area contributed by atoms with Crippen molar-refractivity contribution in [3.8, 4) is 0 Å². The summed E-state index contributed by atoms with van der Waals surface area (Å²) in [6.45, 7) is 11.8. The molecule has 0 bridgehead atoms.